The number of hydrogen-bond donors (Lipinski definition) is 0. The maximum absolute atomic E-state index is 13.1. The molecule has 4 aromatic rings. The Morgan fingerprint density at radius 3 is 2.48 bits per heavy atom. The topological polar surface area (TPSA) is 71.7 Å². The van der Waals surface area contributed by atoms with Crippen molar-refractivity contribution in [2.24, 2.45) is 0 Å². The Morgan fingerprint density at radius 2 is 1.76 bits per heavy atom. The standard InChI is InChI=1S/C19H18FN7OS/c1-28-17-11-21-10-16(23-17)25-6-8-26(9-7-25)19-24-27-12-15(22-18(27)29-19)13-2-4-14(20)5-3-13/h2-5,10-12H,6-9H2,1H3. The van der Waals surface area contributed by atoms with Crippen molar-refractivity contribution in [3.63, 3.8) is 0 Å². The van der Waals surface area contributed by atoms with Gasteiger partial charge in [0.2, 0.25) is 16.0 Å². The minimum atomic E-state index is -0.255. The van der Waals surface area contributed by atoms with Crippen LogP contribution in [0.3, 0.4) is 0 Å². The molecular formula is C19H18FN7OS. The molecule has 0 bridgehead atoms. The molecule has 0 unspecified atom stereocenters. The molecule has 1 aliphatic heterocycles. The first kappa shape index (κ1) is 17.8. The average Bonchev–Trinajstić information content (AvgIpc) is 3.34. The van der Waals surface area contributed by atoms with E-state index in [0.717, 1.165) is 53.3 Å². The van der Waals surface area contributed by atoms with E-state index in [1.54, 1.807) is 47.5 Å². The summed E-state index contributed by atoms with van der Waals surface area (Å²) in [5, 5.41) is 5.62. The van der Waals surface area contributed by atoms with Crippen molar-refractivity contribution < 1.29 is 9.13 Å². The van der Waals surface area contributed by atoms with Gasteiger partial charge in [-0.2, -0.15) is 4.98 Å². The van der Waals surface area contributed by atoms with Gasteiger partial charge in [0.1, 0.15) is 5.82 Å². The summed E-state index contributed by atoms with van der Waals surface area (Å²) in [4.78, 5) is 18.5. The molecular weight excluding hydrogens is 393 g/mol. The first-order valence-electron chi connectivity index (χ1n) is 9.18. The van der Waals surface area contributed by atoms with Crippen LogP contribution in [0.25, 0.3) is 16.2 Å². The minimum Gasteiger partial charge on any atom is -0.480 e. The summed E-state index contributed by atoms with van der Waals surface area (Å²) in [6, 6.07) is 6.33. The van der Waals surface area contributed by atoms with Crippen LogP contribution in [0.1, 0.15) is 0 Å². The van der Waals surface area contributed by atoms with Crippen molar-refractivity contribution >= 4 is 27.2 Å². The van der Waals surface area contributed by atoms with E-state index in [2.05, 4.69) is 29.9 Å². The zero-order valence-electron chi connectivity index (χ0n) is 15.7. The molecule has 0 N–H and O–H groups in total. The normalized spacial score (nSPS) is 14.6. The fourth-order valence-corrected chi connectivity index (χ4v) is 4.23. The van der Waals surface area contributed by atoms with E-state index in [1.807, 2.05) is 6.20 Å². The number of benzene rings is 1. The number of rotatable bonds is 4. The number of halogens is 1. The lowest BCUT2D eigenvalue weighted by atomic mass is 10.2. The van der Waals surface area contributed by atoms with Crippen molar-refractivity contribution in [2.45, 2.75) is 0 Å². The van der Waals surface area contributed by atoms with Crippen molar-refractivity contribution in [1.82, 2.24) is 24.6 Å². The molecule has 0 atom stereocenters. The van der Waals surface area contributed by atoms with Crippen LogP contribution < -0.4 is 14.5 Å². The Kier molecular flexibility index (Phi) is 4.47. The molecule has 148 valence electrons. The second-order valence-corrected chi connectivity index (χ2v) is 7.57. The van der Waals surface area contributed by atoms with Crippen LogP contribution in [0.2, 0.25) is 0 Å². The van der Waals surface area contributed by atoms with E-state index < -0.39 is 0 Å². The molecule has 8 nitrogen and oxygen atoms in total. The first-order valence-corrected chi connectivity index (χ1v) is 9.99. The number of ether oxygens (including phenoxy) is 1. The van der Waals surface area contributed by atoms with Gasteiger partial charge in [-0.15, -0.1) is 5.10 Å². The van der Waals surface area contributed by atoms with E-state index in [1.165, 1.54) is 12.1 Å². The summed E-state index contributed by atoms with van der Waals surface area (Å²) in [6.45, 7) is 3.32. The van der Waals surface area contributed by atoms with E-state index in [-0.39, 0.29) is 5.82 Å². The van der Waals surface area contributed by atoms with Crippen LogP contribution >= 0.6 is 11.3 Å². The van der Waals surface area contributed by atoms with E-state index in [4.69, 9.17) is 4.74 Å². The van der Waals surface area contributed by atoms with Crippen LogP contribution in [-0.4, -0.2) is 57.9 Å². The maximum Gasteiger partial charge on any atom is 0.233 e. The summed E-state index contributed by atoms with van der Waals surface area (Å²) in [5.41, 5.74) is 1.66. The highest BCUT2D eigenvalue weighted by Crippen LogP contribution is 2.28. The van der Waals surface area contributed by atoms with Gasteiger partial charge in [0.05, 0.1) is 31.4 Å². The number of imidazole rings is 1. The van der Waals surface area contributed by atoms with E-state index in [0.29, 0.717) is 5.88 Å². The molecule has 1 aliphatic rings. The van der Waals surface area contributed by atoms with Gasteiger partial charge in [-0.25, -0.2) is 13.9 Å². The van der Waals surface area contributed by atoms with Crippen LogP contribution in [0, 0.1) is 5.82 Å². The molecule has 29 heavy (non-hydrogen) atoms. The quantitative estimate of drug-likeness (QED) is 0.511. The van der Waals surface area contributed by atoms with Crippen LogP contribution in [0.5, 0.6) is 5.88 Å². The molecule has 0 amide bonds. The van der Waals surface area contributed by atoms with Gasteiger partial charge in [-0.05, 0) is 24.3 Å². The average molecular weight is 411 g/mol. The molecule has 0 spiro atoms. The molecule has 0 saturated carbocycles. The number of piperazine rings is 1. The van der Waals surface area contributed by atoms with Crippen molar-refractivity contribution in [1.29, 1.82) is 0 Å². The molecule has 0 radical (unpaired) electrons. The van der Waals surface area contributed by atoms with Gasteiger partial charge in [0, 0.05) is 31.7 Å². The molecule has 5 rings (SSSR count). The minimum absolute atomic E-state index is 0.255. The number of methoxy groups -OCH3 is 1. The number of hydrogen-bond acceptors (Lipinski definition) is 8. The van der Waals surface area contributed by atoms with Crippen LogP contribution in [0.15, 0.2) is 42.9 Å². The fourth-order valence-electron chi connectivity index (χ4n) is 3.29. The third kappa shape index (κ3) is 3.46. The van der Waals surface area contributed by atoms with E-state index >= 15 is 0 Å². The van der Waals surface area contributed by atoms with Crippen molar-refractivity contribution in [2.75, 3.05) is 43.1 Å². The Hall–Kier alpha value is -3.27. The summed E-state index contributed by atoms with van der Waals surface area (Å²) >= 11 is 1.55. The highest BCUT2D eigenvalue weighted by molar-refractivity contribution is 7.20. The Morgan fingerprint density at radius 1 is 1.00 bits per heavy atom. The monoisotopic (exact) mass is 411 g/mol. The van der Waals surface area contributed by atoms with Gasteiger partial charge in [-0.3, -0.25) is 4.98 Å². The largest absolute Gasteiger partial charge is 0.480 e. The molecule has 1 aromatic carbocycles. The summed E-state index contributed by atoms with van der Waals surface area (Å²) in [5.74, 6) is 1.08. The lowest BCUT2D eigenvalue weighted by Crippen LogP contribution is -2.46. The van der Waals surface area contributed by atoms with Gasteiger partial charge in [-0.1, -0.05) is 11.3 Å². The molecule has 1 fully saturated rings. The zero-order valence-corrected chi connectivity index (χ0v) is 16.5. The van der Waals surface area contributed by atoms with Crippen molar-refractivity contribution in [3.8, 4) is 17.1 Å². The summed E-state index contributed by atoms with van der Waals surface area (Å²) in [6.07, 6.45) is 5.24. The first-order chi connectivity index (χ1) is 14.2. The number of nitrogens with zero attached hydrogens (tertiary/aromatic N) is 7. The Balaban J connectivity index is 1.29. The van der Waals surface area contributed by atoms with E-state index in [9.17, 15) is 4.39 Å². The predicted octanol–water partition coefficient (Wildman–Crippen LogP) is 2.72. The second-order valence-electron chi connectivity index (χ2n) is 6.64. The number of fused-ring (bicyclic) bond motifs is 1. The van der Waals surface area contributed by atoms with Crippen molar-refractivity contribution in [3.05, 3.63) is 48.7 Å². The van der Waals surface area contributed by atoms with Crippen LogP contribution in [0.4, 0.5) is 15.3 Å². The van der Waals surface area contributed by atoms with Gasteiger partial charge in [0.25, 0.3) is 0 Å². The van der Waals surface area contributed by atoms with Gasteiger partial charge < -0.3 is 14.5 Å². The molecule has 3 aromatic heterocycles. The predicted molar refractivity (Wildman–Crippen MR) is 109 cm³/mol. The molecule has 1 saturated heterocycles. The number of anilines is 2. The molecule has 0 aliphatic carbocycles. The van der Waals surface area contributed by atoms with Gasteiger partial charge >= 0.3 is 0 Å². The highest BCUT2D eigenvalue weighted by atomic mass is 32.1. The lowest BCUT2D eigenvalue weighted by Gasteiger charge is -2.34. The summed E-state index contributed by atoms with van der Waals surface area (Å²) in [7, 11) is 1.59. The zero-order chi connectivity index (χ0) is 19.8. The smallest absolute Gasteiger partial charge is 0.233 e. The third-order valence-electron chi connectivity index (χ3n) is 4.86. The lowest BCUT2D eigenvalue weighted by molar-refractivity contribution is 0.395. The second kappa shape index (κ2) is 7.28. The third-order valence-corrected chi connectivity index (χ3v) is 5.84. The SMILES string of the molecule is COc1cncc(N2CCN(c3nn4cc(-c5ccc(F)cc5)nc4s3)CC2)n1. The molecule has 4 heterocycles. The highest BCUT2D eigenvalue weighted by Gasteiger charge is 2.22. The van der Waals surface area contributed by atoms with Crippen LogP contribution in [-0.2, 0) is 0 Å². The number of aromatic nitrogens is 5. The Labute approximate surface area is 170 Å². The maximum atomic E-state index is 13.1. The molecule has 10 heteroatoms. The summed E-state index contributed by atoms with van der Waals surface area (Å²) < 4.78 is 20.1. The Bertz CT molecular complexity index is 1100. The fraction of sp³-hybridized carbons (Fsp3) is 0.263. The van der Waals surface area contributed by atoms with Gasteiger partial charge in [0.15, 0.2) is 5.82 Å².